The second kappa shape index (κ2) is 11.4. The third-order valence-electron chi connectivity index (χ3n) is 5.79. The minimum Gasteiger partial charge on any atom is -0.507 e. The SMILES string of the molecule is CCCOc1ccc(/C(O)=C2/C(=O)C(=O)N(c3ccc(C(=O)OCC(C)C)cc3)C2c2cccs2)cc1. The molecule has 0 radical (unpaired) electrons. The Morgan fingerprint density at radius 1 is 1.03 bits per heavy atom. The number of rotatable bonds is 9. The summed E-state index contributed by atoms with van der Waals surface area (Å²) in [5, 5.41) is 13.1. The van der Waals surface area contributed by atoms with Crippen molar-refractivity contribution in [3.05, 3.63) is 87.6 Å². The van der Waals surface area contributed by atoms with Crippen molar-refractivity contribution in [3.63, 3.8) is 0 Å². The summed E-state index contributed by atoms with van der Waals surface area (Å²) in [6, 6.07) is 16.0. The monoisotopic (exact) mass is 519 g/mol. The Hall–Kier alpha value is -3.91. The number of carbonyl (C=O) groups is 3. The molecule has 0 spiro atoms. The van der Waals surface area contributed by atoms with Crippen LogP contribution in [0.4, 0.5) is 5.69 Å². The molecule has 7 nitrogen and oxygen atoms in total. The van der Waals surface area contributed by atoms with Crippen molar-refractivity contribution < 1.29 is 29.0 Å². The van der Waals surface area contributed by atoms with E-state index in [4.69, 9.17) is 9.47 Å². The number of amides is 1. The highest BCUT2D eigenvalue weighted by molar-refractivity contribution is 7.10. The maximum absolute atomic E-state index is 13.3. The van der Waals surface area contributed by atoms with Gasteiger partial charge in [0.1, 0.15) is 17.6 Å². The zero-order chi connectivity index (χ0) is 26.5. The normalized spacial score (nSPS) is 16.9. The fourth-order valence-corrected chi connectivity index (χ4v) is 4.81. The molecule has 192 valence electrons. The first-order valence-electron chi connectivity index (χ1n) is 12.2. The van der Waals surface area contributed by atoms with Crippen molar-refractivity contribution in [1.29, 1.82) is 0 Å². The van der Waals surface area contributed by atoms with Crippen LogP contribution < -0.4 is 9.64 Å². The van der Waals surface area contributed by atoms with Gasteiger partial charge in [-0.2, -0.15) is 0 Å². The van der Waals surface area contributed by atoms with Gasteiger partial charge >= 0.3 is 5.97 Å². The largest absolute Gasteiger partial charge is 0.507 e. The Labute approximate surface area is 220 Å². The number of Topliss-reactive ketones (excluding diaryl/α,β-unsaturated/α-hetero) is 1. The van der Waals surface area contributed by atoms with Gasteiger partial charge in [0, 0.05) is 16.1 Å². The lowest BCUT2D eigenvalue weighted by Crippen LogP contribution is -2.29. The smallest absolute Gasteiger partial charge is 0.338 e. The number of ether oxygens (including phenoxy) is 2. The Bertz CT molecular complexity index is 1290. The average molecular weight is 520 g/mol. The van der Waals surface area contributed by atoms with Gasteiger partial charge in [0.2, 0.25) is 0 Å². The van der Waals surface area contributed by atoms with Crippen molar-refractivity contribution in [2.24, 2.45) is 5.92 Å². The van der Waals surface area contributed by atoms with Gasteiger partial charge < -0.3 is 14.6 Å². The summed E-state index contributed by atoms with van der Waals surface area (Å²) in [4.78, 5) is 40.9. The second-order valence-electron chi connectivity index (χ2n) is 9.10. The van der Waals surface area contributed by atoms with Crippen LogP contribution in [0.1, 0.15) is 54.0 Å². The lowest BCUT2D eigenvalue weighted by atomic mass is 9.99. The van der Waals surface area contributed by atoms with E-state index in [2.05, 4.69) is 0 Å². The zero-order valence-electron chi connectivity index (χ0n) is 21.0. The molecule has 1 aliphatic heterocycles. The highest BCUT2D eigenvalue weighted by Crippen LogP contribution is 2.43. The number of aliphatic hydroxyl groups is 1. The van der Waals surface area contributed by atoms with Crippen molar-refractivity contribution in [2.75, 3.05) is 18.1 Å². The minimum atomic E-state index is -0.810. The number of hydrogen-bond donors (Lipinski definition) is 1. The van der Waals surface area contributed by atoms with Crippen LogP contribution in [0, 0.1) is 5.92 Å². The van der Waals surface area contributed by atoms with E-state index in [1.165, 1.54) is 16.2 Å². The van der Waals surface area contributed by atoms with E-state index in [1.54, 1.807) is 48.5 Å². The van der Waals surface area contributed by atoms with Crippen LogP contribution in [0.3, 0.4) is 0 Å². The highest BCUT2D eigenvalue weighted by atomic mass is 32.1. The lowest BCUT2D eigenvalue weighted by molar-refractivity contribution is -0.132. The minimum absolute atomic E-state index is 0.00935. The van der Waals surface area contributed by atoms with Crippen LogP contribution in [-0.4, -0.2) is 36.0 Å². The molecule has 1 amide bonds. The molecule has 3 aromatic rings. The fourth-order valence-electron chi connectivity index (χ4n) is 3.98. The van der Waals surface area contributed by atoms with E-state index in [0.717, 1.165) is 11.3 Å². The Morgan fingerprint density at radius 3 is 2.30 bits per heavy atom. The summed E-state index contributed by atoms with van der Waals surface area (Å²) in [6.07, 6.45) is 0.867. The summed E-state index contributed by atoms with van der Waals surface area (Å²) >= 11 is 1.38. The van der Waals surface area contributed by atoms with Crippen molar-refractivity contribution in [1.82, 2.24) is 0 Å². The molecule has 8 heteroatoms. The molecule has 1 N–H and O–H groups in total. The molecule has 4 rings (SSSR count). The molecule has 1 aliphatic rings. The number of nitrogens with zero attached hydrogens (tertiary/aromatic N) is 1. The molecule has 37 heavy (non-hydrogen) atoms. The number of thiophene rings is 1. The third kappa shape index (κ3) is 5.59. The first-order chi connectivity index (χ1) is 17.8. The molecule has 1 aromatic heterocycles. The summed E-state index contributed by atoms with van der Waals surface area (Å²) in [6.45, 7) is 6.79. The molecular formula is C29H29NO6S. The van der Waals surface area contributed by atoms with E-state index >= 15 is 0 Å². The fraction of sp³-hybridized carbons (Fsp3) is 0.276. The molecule has 1 atom stereocenters. The standard InChI is InChI=1S/C29H29NO6S/c1-4-15-35-22-13-9-19(10-14-22)26(31)24-25(23-6-5-16-37-23)30(28(33)27(24)32)21-11-7-20(8-12-21)29(34)36-17-18(2)3/h5-14,16,18,25,31H,4,15,17H2,1-3H3/b26-24-. The molecular weight excluding hydrogens is 490 g/mol. The van der Waals surface area contributed by atoms with Crippen LogP contribution in [0.2, 0.25) is 0 Å². The van der Waals surface area contributed by atoms with Gasteiger partial charge in [0.05, 0.1) is 24.4 Å². The first kappa shape index (κ1) is 26.2. The van der Waals surface area contributed by atoms with Gasteiger partial charge in [-0.3, -0.25) is 14.5 Å². The van der Waals surface area contributed by atoms with Crippen LogP contribution in [0.15, 0.2) is 71.6 Å². The van der Waals surface area contributed by atoms with Crippen LogP contribution in [-0.2, 0) is 14.3 Å². The number of benzene rings is 2. The molecule has 1 fully saturated rings. The third-order valence-corrected chi connectivity index (χ3v) is 6.71. The van der Waals surface area contributed by atoms with E-state index < -0.39 is 23.7 Å². The van der Waals surface area contributed by atoms with Gasteiger partial charge in [-0.25, -0.2) is 4.79 Å². The predicted molar refractivity (Wildman–Crippen MR) is 143 cm³/mol. The van der Waals surface area contributed by atoms with Gasteiger partial charge in [0.15, 0.2) is 0 Å². The van der Waals surface area contributed by atoms with Crippen LogP contribution in [0.25, 0.3) is 5.76 Å². The topological polar surface area (TPSA) is 93.1 Å². The molecule has 2 aromatic carbocycles. The van der Waals surface area contributed by atoms with Crippen LogP contribution in [0.5, 0.6) is 5.75 Å². The number of carbonyl (C=O) groups excluding carboxylic acids is 3. The number of ketones is 1. The van der Waals surface area contributed by atoms with E-state index in [-0.39, 0.29) is 17.3 Å². The summed E-state index contributed by atoms with van der Waals surface area (Å²) < 4.78 is 10.9. The van der Waals surface area contributed by atoms with Gasteiger partial charge in [-0.05, 0) is 72.3 Å². The zero-order valence-corrected chi connectivity index (χ0v) is 21.8. The summed E-state index contributed by atoms with van der Waals surface area (Å²) in [7, 11) is 0. The molecule has 2 heterocycles. The Balaban J connectivity index is 1.70. The summed E-state index contributed by atoms with van der Waals surface area (Å²) in [5.41, 5.74) is 1.20. The van der Waals surface area contributed by atoms with Crippen LogP contribution >= 0.6 is 11.3 Å². The van der Waals surface area contributed by atoms with Gasteiger partial charge in [-0.15, -0.1) is 11.3 Å². The first-order valence-corrected chi connectivity index (χ1v) is 13.0. The van der Waals surface area contributed by atoms with Crippen molar-refractivity contribution >= 4 is 40.4 Å². The Morgan fingerprint density at radius 2 is 1.70 bits per heavy atom. The quantitative estimate of drug-likeness (QED) is 0.162. The van der Waals surface area contributed by atoms with Gasteiger partial charge in [-0.1, -0.05) is 26.8 Å². The number of anilines is 1. The Kier molecular flexibility index (Phi) is 8.08. The molecule has 1 saturated heterocycles. The lowest BCUT2D eigenvalue weighted by Gasteiger charge is -2.24. The van der Waals surface area contributed by atoms with Gasteiger partial charge in [0.25, 0.3) is 11.7 Å². The van der Waals surface area contributed by atoms with E-state index in [9.17, 15) is 19.5 Å². The summed E-state index contributed by atoms with van der Waals surface area (Å²) in [5.74, 6) is -1.37. The molecule has 0 aliphatic carbocycles. The second-order valence-corrected chi connectivity index (χ2v) is 10.1. The average Bonchev–Trinajstić information content (AvgIpc) is 3.53. The molecule has 0 saturated carbocycles. The maximum Gasteiger partial charge on any atom is 0.338 e. The molecule has 1 unspecified atom stereocenters. The maximum atomic E-state index is 13.3. The van der Waals surface area contributed by atoms with Crippen molar-refractivity contribution in [3.8, 4) is 5.75 Å². The van der Waals surface area contributed by atoms with E-state index in [0.29, 0.717) is 35.8 Å². The number of hydrogen-bond acceptors (Lipinski definition) is 7. The van der Waals surface area contributed by atoms with E-state index in [1.807, 2.05) is 38.3 Å². The molecule has 0 bridgehead atoms. The number of aliphatic hydroxyl groups excluding tert-OH is 1. The predicted octanol–water partition coefficient (Wildman–Crippen LogP) is 5.98. The van der Waals surface area contributed by atoms with Crippen molar-refractivity contribution in [2.45, 2.75) is 33.2 Å². The highest BCUT2D eigenvalue weighted by Gasteiger charge is 2.47. The number of esters is 1.